The summed E-state index contributed by atoms with van der Waals surface area (Å²) < 4.78 is 0. The summed E-state index contributed by atoms with van der Waals surface area (Å²) in [5, 5.41) is 18.3. The van der Waals surface area contributed by atoms with Gasteiger partial charge in [-0.15, -0.1) is 0 Å². The number of unbranched alkanes of at least 4 members (excludes halogenated alkanes) is 2. The van der Waals surface area contributed by atoms with Crippen molar-refractivity contribution in [3.8, 4) is 0 Å². The number of fused-ring (bicyclic) bond motifs is 1. The average molecular weight is 446 g/mol. The number of aryl methyl sites for hydroxylation is 2. The smallest absolute Gasteiger partial charge is 0.237 e. The molecule has 2 aliphatic rings. The van der Waals surface area contributed by atoms with Crippen LogP contribution in [-0.4, -0.2) is 55.1 Å². The Morgan fingerprint density at radius 1 is 1.16 bits per heavy atom. The highest BCUT2D eigenvalue weighted by Gasteiger charge is 2.22. The number of aliphatic hydroxyl groups excluding tert-OH is 1. The Kier molecular flexibility index (Phi) is 12.5. The Hall–Kier alpha value is -1.76. The molecule has 1 aromatic carbocycles. The minimum atomic E-state index is -0.381. The molecular formula is C26H43N3O3. The van der Waals surface area contributed by atoms with E-state index in [1.807, 2.05) is 6.92 Å². The third-order valence-electron chi connectivity index (χ3n) is 6.70. The number of benzene rings is 1. The number of rotatable bonds is 12. The first-order valence-electron chi connectivity index (χ1n) is 12.5. The lowest BCUT2D eigenvalue weighted by molar-refractivity contribution is -0.125. The third kappa shape index (κ3) is 9.00. The molecular weight excluding hydrogens is 402 g/mol. The van der Waals surface area contributed by atoms with Crippen LogP contribution in [0, 0.1) is 0 Å². The number of amides is 1. The van der Waals surface area contributed by atoms with Crippen molar-refractivity contribution in [2.75, 3.05) is 13.7 Å². The van der Waals surface area contributed by atoms with E-state index in [4.69, 9.17) is 5.11 Å². The van der Waals surface area contributed by atoms with Crippen LogP contribution < -0.4 is 16.0 Å². The maximum absolute atomic E-state index is 11.9. The van der Waals surface area contributed by atoms with Gasteiger partial charge in [-0.3, -0.25) is 4.79 Å². The molecule has 6 heteroatoms. The topological polar surface area (TPSA) is 90.5 Å². The normalized spacial score (nSPS) is 21.2. The van der Waals surface area contributed by atoms with Crippen molar-refractivity contribution >= 4 is 12.2 Å². The second-order valence-electron chi connectivity index (χ2n) is 9.08. The van der Waals surface area contributed by atoms with Crippen molar-refractivity contribution < 1.29 is 14.7 Å². The lowest BCUT2D eigenvalue weighted by Gasteiger charge is -2.18. The largest absolute Gasteiger partial charge is 0.395 e. The Balaban J connectivity index is 0.000000329. The average Bonchev–Trinajstić information content (AvgIpc) is 3.48. The second-order valence-corrected chi connectivity index (χ2v) is 9.08. The van der Waals surface area contributed by atoms with Gasteiger partial charge < -0.3 is 25.9 Å². The van der Waals surface area contributed by atoms with Gasteiger partial charge in [-0.1, -0.05) is 50.5 Å². The van der Waals surface area contributed by atoms with Crippen molar-refractivity contribution in [2.45, 2.75) is 102 Å². The number of hydrogen-bond donors (Lipinski definition) is 4. The van der Waals surface area contributed by atoms with Crippen LogP contribution in [0.2, 0.25) is 0 Å². The Morgan fingerprint density at radius 2 is 1.84 bits per heavy atom. The van der Waals surface area contributed by atoms with E-state index in [-0.39, 0.29) is 30.6 Å². The molecule has 1 aromatic rings. The van der Waals surface area contributed by atoms with Crippen LogP contribution >= 0.6 is 0 Å². The molecule has 1 aliphatic carbocycles. The molecule has 1 heterocycles. The number of hydrogen-bond acceptors (Lipinski definition) is 5. The minimum Gasteiger partial charge on any atom is -0.395 e. The van der Waals surface area contributed by atoms with E-state index >= 15 is 0 Å². The molecule has 0 radical (unpaired) electrons. The summed E-state index contributed by atoms with van der Waals surface area (Å²) in [6.45, 7) is 2.16. The monoisotopic (exact) mass is 445 g/mol. The van der Waals surface area contributed by atoms with Crippen molar-refractivity contribution in [3.63, 3.8) is 0 Å². The highest BCUT2D eigenvalue weighted by atomic mass is 16.3. The van der Waals surface area contributed by atoms with Crippen molar-refractivity contribution in [2.24, 2.45) is 0 Å². The van der Waals surface area contributed by atoms with E-state index in [1.54, 1.807) is 18.2 Å². The van der Waals surface area contributed by atoms with Gasteiger partial charge in [0.2, 0.25) is 5.91 Å². The fourth-order valence-electron chi connectivity index (χ4n) is 4.70. The third-order valence-corrected chi connectivity index (χ3v) is 6.70. The Morgan fingerprint density at radius 3 is 2.41 bits per heavy atom. The highest BCUT2D eigenvalue weighted by molar-refractivity contribution is 5.84. The zero-order chi connectivity index (χ0) is 23.2. The Bertz CT molecular complexity index is 655. The number of carbonyl (C=O) groups excluding carboxylic acids is 2. The van der Waals surface area contributed by atoms with Crippen LogP contribution in [0.15, 0.2) is 24.3 Å². The number of carbonyl (C=O) groups is 2. The van der Waals surface area contributed by atoms with Crippen molar-refractivity contribution in [1.29, 1.82) is 0 Å². The van der Waals surface area contributed by atoms with E-state index in [2.05, 4.69) is 40.2 Å². The lowest BCUT2D eigenvalue weighted by atomic mass is 10.0. The molecule has 180 valence electrons. The summed E-state index contributed by atoms with van der Waals surface area (Å²) in [5.41, 5.74) is 3.13. The molecule has 3 rings (SSSR count). The number of likely N-dealkylation sites (N-methyl/N-ethyl adjacent to an activating group) is 1. The maximum atomic E-state index is 11.9. The summed E-state index contributed by atoms with van der Waals surface area (Å²) in [6.07, 6.45) is 12.6. The summed E-state index contributed by atoms with van der Waals surface area (Å²) in [4.78, 5) is 23.0. The van der Waals surface area contributed by atoms with Crippen LogP contribution in [0.3, 0.4) is 0 Å². The van der Waals surface area contributed by atoms with E-state index in [9.17, 15) is 9.59 Å². The minimum absolute atomic E-state index is 0.0997. The Labute approximate surface area is 193 Å². The van der Waals surface area contributed by atoms with E-state index in [0.29, 0.717) is 18.9 Å². The van der Waals surface area contributed by atoms with E-state index in [1.165, 1.54) is 19.3 Å². The predicted molar refractivity (Wildman–Crippen MR) is 130 cm³/mol. The van der Waals surface area contributed by atoms with Gasteiger partial charge in [-0.2, -0.15) is 0 Å². The summed E-state index contributed by atoms with van der Waals surface area (Å²) >= 11 is 0. The maximum Gasteiger partial charge on any atom is 0.237 e. The van der Waals surface area contributed by atoms with E-state index in [0.717, 1.165) is 44.8 Å². The van der Waals surface area contributed by atoms with Crippen molar-refractivity contribution in [3.05, 3.63) is 35.4 Å². The fourth-order valence-corrected chi connectivity index (χ4v) is 4.70. The number of aliphatic hydroxyl groups is 1. The van der Waals surface area contributed by atoms with Gasteiger partial charge in [0.05, 0.1) is 18.7 Å². The molecule has 0 bridgehead atoms. The first-order chi connectivity index (χ1) is 15.6. The SMILES string of the molecule is CCC(NC)C(=O)N[C@H](C=O)CCCCCC1CC[C@@H](CO)N1.c1ccc2c(c1)CCC2. The summed E-state index contributed by atoms with van der Waals surface area (Å²) in [6, 6.07) is 8.92. The van der Waals surface area contributed by atoms with Crippen LogP contribution in [0.25, 0.3) is 0 Å². The van der Waals surface area contributed by atoms with Gasteiger partial charge >= 0.3 is 0 Å². The molecule has 0 spiro atoms. The molecule has 1 amide bonds. The van der Waals surface area contributed by atoms with Crippen LogP contribution in [0.5, 0.6) is 0 Å². The van der Waals surface area contributed by atoms with Gasteiger partial charge in [0.25, 0.3) is 0 Å². The van der Waals surface area contributed by atoms with Gasteiger partial charge in [0.15, 0.2) is 0 Å². The zero-order valence-electron chi connectivity index (χ0n) is 19.9. The molecule has 4 atom stereocenters. The quantitative estimate of drug-likeness (QED) is 0.293. The molecule has 2 unspecified atom stereocenters. The van der Waals surface area contributed by atoms with Crippen molar-refractivity contribution in [1.82, 2.24) is 16.0 Å². The molecule has 32 heavy (non-hydrogen) atoms. The molecule has 0 aromatic heterocycles. The zero-order valence-corrected chi connectivity index (χ0v) is 19.9. The summed E-state index contributed by atoms with van der Waals surface area (Å²) in [5.74, 6) is -0.0997. The van der Waals surface area contributed by atoms with Gasteiger partial charge in [-0.25, -0.2) is 0 Å². The van der Waals surface area contributed by atoms with Crippen LogP contribution in [0.1, 0.15) is 75.8 Å². The molecule has 4 N–H and O–H groups in total. The van der Waals surface area contributed by atoms with E-state index < -0.39 is 0 Å². The number of nitrogens with one attached hydrogen (secondary N) is 3. The summed E-state index contributed by atoms with van der Waals surface area (Å²) in [7, 11) is 1.75. The lowest BCUT2D eigenvalue weighted by Crippen LogP contribution is -2.47. The molecule has 1 saturated heterocycles. The van der Waals surface area contributed by atoms with Gasteiger partial charge in [0.1, 0.15) is 6.29 Å². The fraction of sp³-hybridized carbons (Fsp3) is 0.692. The molecule has 1 aliphatic heterocycles. The van der Waals surface area contributed by atoms with Crippen LogP contribution in [0.4, 0.5) is 0 Å². The molecule has 1 fully saturated rings. The van der Waals surface area contributed by atoms with Gasteiger partial charge in [-0.05, 0) is 69.5 Å². The molecule has 6 nitrogen and oxygen atoms in total. The standard InChI is InChI=1S/C17H33N3O3.C9H10/c1-3-16(18-2)17(23)20-14(11-21)8-6-4-5-7-13-9-10-15(12-22)19-13;1-2-5-9-7-3-6-8(9)4-1/h11,13-16,18-19,22H,3-10,12H2,1-2H3,(H,20,23);1-2,4-5H,3,6-7H2/t13?,14-,15-,16?;/m0./s1. The predicted octanol–water partition coefficient (Wildman–Crippen LogP) is 2.91. The van der Waals surface area contributed by atoms with Gasteiger partial charge in [0, 0.05) is 12.1 Å². The van der Waals surface area contributed by atoms with Crippen LogP contribution in [-0.2, 0) is 22.4 Å². The highest BCUT2D eigenvalue weighted by Crippen LogP contribution is 2.20. The first kappa shape index (κ1) is 26.5. The first-order valence-corrected chi connectivity index (χ1v) is 12.5. The molecule has 0 saturated carbocycles. The number of aldehydes is 1. The second kappa shape index (κ2) is 15.1.